The van der Waals surface area contributed by atoms with Crippen molar-refractivity contribution in [3.05, 3.63) is 12.7 Å². The molecular formula is C30H54N5O4PSi. The van der Waals surface area contributed by atoms with Gasteiger partial charge in [-0.25, -0.2) is 15.0 Å². The number of fused-ring (bicyclic) bond motifs is 1. The van der Waals surface area contributed by atoms with Crippen LogP contribution >= 0.6 is 7.60 Å². The van der Waals surface area contributed by atoms with Gasteiger partial charge in [-0.2, -0.15) is 0 Å². The zero-order valence-electron chi connectivity index (χ0n) is 25.9. The minimum absolute atomic E-state index is 0.278. The summed E-state index contributed by atoms with van der Waals surface area (Å²) in [7, 11) is -4.97. The maximum atomic E-state index is 12.3. The third kappa shape index (κ3) is 16.5. The molecule has 2 atom stereocenters. The summed E-state index contributed by atoms with van der Waals surface area (Å²) in [5, 5.41) is 0. The van der Waals surface area contributed by atoms with Crippen LogP contribution in [0.15, 0.2) is 12.7 Å². The highest BCUT2D eigenvalue weighted by molar-refractivity contribution is 7.52. The van der Waals surface area contributed by atoms with Gasteiger partial charge in [-0.05, 0) is 19.8 Å². The normalized spacial score (nSPS) is 14.1. The number of nitrogens with zero attached hydrogens (tertiary/aromatic N) is 4. The number of hydrogen-bond donors (Lipinski definition) is 2. The van der Waals surface area contributed by atoms with Gasteiger partial charge in [0.1, 0.15) is 26.3 Å². The van der Waals surface area contributed by atoms with E-state index in [4.69, 9.17) is 15.0 Å². The van der Waals surface area contributed by atoms with E-state index in [1.54, 1.807) is 10.9 Å². The summed E-state index contributed by atoms with van der Waals surface area (Å²) >= 11 is 0. The molecule has 1 unspecified atom stereocenters. The number of ether oxygens (including phenoxy) is 1. The lowest BCUT2D eigenvalue weighted by Crippen LogP contribution is -2.17. The van der Waals surface area contributed by atoms with Crippen molar-refractivity contribution in [2.24, 2.45) is 0 Å². The topological polar surface area (TPSA) is 125 Å². The van der Waals surface area contributed by atoms with E-state index in [2.05, 4.69) is 46.1 Å². The molecule has 0 radical (unpaired) electrons. The number of unbranched alkanes of at least 4 members (excludes halogenated alkanes) is 14. The SMILES string of the molecule is C[C@H](Cn1cnc2c(N)ncnc21)OCP(=O)(O)OCCCCCCCCCCCCCCCCC#C[Si](C)(C)C. The highest BCUT2D eigenvalue weighted by Gasteiger charge is 2.21. The second-order valence-electron chi connectivity index (χ2n) is 12.2. The van der Waals surface area contributed by atoms with Crippen molar-refractivity contribution >= 4 is 32.7 Å². The molecule has 0 aliphatic heterocycles. The van der Waals surface area contributed by atoms with Crippen molar-refractivity contribution in [3.8, 4) is 11.5 Å². The molecule has 2 aromatic rings. The van der Waals surface area contributed by atoms with Crippen molar-refractivity contribution in [3.63, 3.8) is 0 Å². The van der Waals surface area contributed by atoms with Gasteiger partial charge in [0.25, 0.3) is 0 Å². The predicted molar refractivity (Wildman–Crippen MR) is 171 cm³/mol. The third-order valence-electron chi connectivity index (χ3n) is 6.86. The first-order valence-corrected chi connectivity index (χ1v) is 20.8. The first-order chi connectivity index (χ1) is 19.6. The number of nitrogen functional groups attached to an aromatic ring is 1. The molecule has 2 rings (SSSR count). The highest BCUT2D eigenvalue weighted by atomic mass is 31.2. The smallest absolute Gasteiger partial charge is 0.353 e. The number of hydrogen-bond acceptors (Lipinski definition) is 7. The molecule has 0 amide bonds. The number of aromatic nitrogens is 4. The molecule has 2 heterocycles. The fourth-order valence-electron chi connectivity index (χ4n) is 4.59. The molecule has 232 valence electrons. The van der Waals surface area contributed by atoms with Gasteiger partial charge in [0.2, 0.25) is 0 Å². The molecular weight excluding hydrogens is 553 g/mol. The number of nitrogens with two attached hydrogens (primary N) is 1. The minimum Gasteiger partial charge on any atom is -0.382 e. The molecule has 0 aliphatic carbocycles. The Kier molecular flexibility index (Phi) is 16.8. The van der Waals surface area contributed by atoms with Crippen LogP contribution in [0, 0.1) is 11.5 Å². The molecule has 0 bridgehead atoms. The van der Waals surface area contributed by atoms with Gasteiger partial charge in [-0.3, -0.25) is 4.57 Å². The Hall–Kier alpha value is -1.76. The van der Waals surface area contributed by atoms with Crippen LogP contribution in [0.1, 0.15) is 103 Å². The second-order valence-corrected chi connectivity index (χ2v) is 18.7. The first-order valence-electron chi connectivity index (χ1n) is 15.6. The molecule has 9 nitrogen and oxygen atoms in total. The Bertz CT molecular complexity index is 1110. The maximum Gasteiger partial charge on any atom is 0.353 e. The van der Waals surface area contributed by atoms with Crippen molar-refractivity contribution in [2.45, 2.75) is 136 Å². The van der Waals surface area contributed by atoms with Gasteiger partial charge in [-0.15, -0.1) is 11.5 Å². The summed E-state index contributed by atoms with van der Waals surface area (Å²) in [6.45, 7) is 9.43. The number of anilines is 1. The maximum absolute atomic E-state index is 12.3. The Morgan fingerprint density at radius 3 is 2.07 bits per heavy atom. The van der Waals surface area contributed by atoms with Gasteiger partial charge in [0.05, 0.1) is 25.6 Å². The zero-order chi connectivity index (χ0) is 30.0. The Labute approximate surface area is 249 Å². The van der Waals surface area contributed by atoms with Gasteiger partial charge >= 0.3 is 7.60 Å². The standard InChI is InChI=1S/C30H54N5O4PSi/c1-27(23-35-25-34-28-29(31)32-24-33-30(28)35)38-26-40(36,37)39-21-19-17-15-13-11-9-7-5-6-8-10-12-14-16-18-20-22-41(2,3)4/h24-25,27H,5-19,21,23,26H2,1-4H3,(H,36,37)(H2,31,32,33)/t27-/m1/s1. The molecule has 0 aliphatic rings. The van der Waals surface area contributed by atoms with E-state index in [1.165, 1.54) is 77.0 Å². The molecule has 0 spiro atoms. The summed E-state index contributed by atoms with van der Waals surface area (Å²) in [5.41, 5.74) is 10.4. The summed E-state index contributed by atoms with van der Waals surface area (Å²) in [6.07, 6.45) is 20.9. The molecule has 3 N–H and O–H groups in total. The summed E-state index contributed by atoms with van der Waals surface area (Å²) in [4.78, 5) is 22.5. The van der Waals surface area contributed by atoms with Gasteiger partial charge in [-0.1, -0.05) is 96.7 Å². The van der Waals surface area contributed by atoms with Crippen LogP contribution in [-0.2, 0) is 20.4 Å². The lowest BCUT2D eigenvalue weighted by atomic mass is 10.0. The predicted octanol–water partition coefficient (Wildman–Crippen LogP) is 7.71. The van der Waals surface area contributed by atoms with Crippen molar-refractivity contribution < 1.29 is 18.7 Å². The quantitative estimate of drug-likeness (QED) is 0.0603. The third-order valence-corrected chi connectivity index (χ3v) is 8.85. The largest absolute Gasteiger partial charge is 0.382 e. The average molecular weight is 608 g/mol. The number of imidazole rings is 1. The fourth-order valence-corrected chi connectivity index (χ4v) is 6.18. The van der Waals surface area contributed by atoms with Gasteiger partial charge in [0, 0.05) is 6.42 Å². The van der Waals surface area contributed by atoms with Crippen LogP contribution in [0.2, 0.25) is 19.6 Å². The molecule has 41 heavy (non-hydrogen) atoms. The van der Waals surface area contributed by atoms with Crippen molar-refractivity contribution in [1.29, 1.82) is 0 Å². The molecule has 2 aromatic heterocycles. The molecule has 0 aromatic carbocycles. The fraction of sp³-hybridized carbons (Fsp3) is 0.767. The van der Waals surface area contributed by atoms with E-state index in [9.17, 15) is 9.46 Å². The van der Waals surface area contributed by atoms with E-state index in [-0.39, 0.29) is 19.1 Å². The zero-order valence-corrected chi connectivity index (χ0v) is 27.8. The van der Waals surface area contributed by atoms with Gasteiger partial charge in [0.15, 0.2) is 11.5 Å². The Morgan fingerprint density at radius 1 is 0.927 bits per heavy atom. The van der Waals surface area contributed by atoms with E-state index in [0.29, 0.717) is 23.5 Å². The van der Waals surface area contributed by atoms with E-state index < -0.39 is 15.7 Å². The van der Waals surface area contributed by atoms with Gasteiger partial charge < -0.3 is 24.5 Å². The monoisotopic (exact) mass is 607 g/mol. The van der Waals surface area contributed by atoms with Crippen LogP contribution in [0.5, 0.6) is 0 Å². The van der Waals surface area contributed by atoms with Crippen LogP contribution in [0.3, 0.4) is 0 Å². The molecule has 0 fully saturated rings. The van der Waals surface area contributed by atoms with Crippen LogP contribution in [0.4, 0.5) is 5.82 Å². The van der Waals surface area contributed by atoms with Crippen LogP contribution in [-0.4, -0.2) is 51.5 Å². The molecule has 0 saturated heterocycles. The second kappa shape index (κ2) is 19.4. The van der Waals surface area contributed by atoms with E-state index >= 15 is 0 Å². The van der Waals surface area contributed by atoms with E-state index in [0.717, 1.165) is 25.7 Å². The van der Waals surface area contributed by atoms with Crippen LogP contribution < -0.4 is 5.73 Å². The lowest BCUT2D eigenvalue weighted by Gasteiger charge is -2.17. The minimum atomic E-state index is -3.79. The highest BCUT2D eigenvalue weighted by Crippen LogP contribution is 2.42. The number of rotatable bonds is 22. The lowest BCUT2D eigenvalue weighted by molar-refractivity contribution is 0.0715. The summed E-state index contributed by atoms with van der Waals surface area (Å²) < 4.78 is 25.0. The van der Waals surface area contributed by atoms with Crippen molar-refractivity contribution in [1.82, 2.24) is 19.5 Å². The Morgan fingerprint density at radius 2 is 1.49 bits per heavy atom. The van der Waals surface area contributed by atoms with Crippen molar-refractivity contribution in [2.75, 3.05) is 18.7 Å². The average Bonchev–Trinajstić information content (AvgIpc) is 3.32. The van der Waals surface area contributed by atoms with Crippen LogP contribution in [0.25, 0.3) is 11.2 Å². The first kappa shape index (κ1) is 35.4. The molecule has 0 saturated carbocycles. The summed E-state index contributed by atoms with van der Waals surface area (Å²) in [6, 6.07) is 0. The van der Waals surface area contributed by atoms with E-state index in [1.807, 2.05) is 6.92 Å². The summed E-state index contributed by atoms with van der Waals surface area (Å²) in [5.74, 6) is 3.69. The Balaban J connectivity index is 1.37. The molecule has 11 heteroatoms.